The maximum absolute atomic E-state index is 13.5. The summed E-state index contributed by atoms with van der Waals surface area (Å²) in [6.07, 6.45) is 7.27. The van der Waals surface area contributed by atoms with Crippen molar-refractivity contribution in [1.82, 2.24) is 34.1 Å². The first-order chi connectivity index (χ1) is 17.1. The molecule has 0 aromatic carbocycles. The van der Waals surface area contributed by atoms with E-state index in [1.807, 2.05) is 18.2 Å². The largest absolute Gasteiger partial charge is 0.351 e. The zero-order chi connectivity index (χ0) is 24.1. The third-order valence-electron chi connectivity index (χ3n) is 6.34. The lowest BCUT2D eigenvalue weighted by atomic mass is 9.97. The van der Waals surface area contributed by atoms with Crippen LogP contribution in [0.3, 0.4) is 0 Å². The summed E-state index contributed by atoms with van der Waals surface area (Å²) in [5.74, 6) is 1.16. The highest BCUT2D eigenvalue weighted by molar-refractivity contribution is 7.80. The van der Waals surface area contributed by atoms with Gasteiger partial charge in [-0.05, 0) is 24.6 Å². The minimum absolute atomic E-state index is 0.108. The highest BCUT2D eigenvalue weighted by Gasteiger charge is 2.39. The van der Waals surface area contributed by atoms with E-state index in [2.05, 4.69) is 30.9 Å². The first-order valence-electron chi connectivity index (χ1n) is 10.9. The van der Waals surface area contributed by atoms with Crippen LogP contribution >= 0.6 is 24.2 Å². The number of fused-ring (bicyclic) bond motifs is 2. The van der Waals surface area contributed by atoms with Crippen LogP contribution in [0, 0.1) is 11.3 Å². The van der Waals surface area contributed by atoms with Gasteiger partial charge in [0, 0.05) is 25.1 Å². The number of hydrogen-bond acceptors (Lipinski definition) is 8. The van der Waals surface area contributed by atoms with Crippen molar-refractivity contribution in [3.63, 3.8) is 0 Å². The molecule has 5 aromatic heterocycles. The first-order valence-corrected chi connectivity index (χ1v) is 11.8. The molecule has 35 heavy (non-hydrogen) atoms. The molecule has 0 saturated carbocycles. The highest BCUT2D eigenvalue weighted by Crippen LogP contribution is 2.39. The molecule has 0 bridgehead atoms. The summed E-state index contributed by atoms with van der Waals surface area (Å²) >= 11 is 11.3. The number of pyridine rings is 1. The van der Waals surface area contributed by atoms with Gasteiger partial charge in [-0.3, -0.25) is 14.3 Å². The third-order valence-corrected chi connectivity index (χ3v) is 7.22. The number of anilines is 1. The SMILES string of the molecule is N#Cc1c[nH]c2ncnc(N3CC[C@H]3C(S)c3nn4ccc(Cl)c4c(=O)n3Cc3ccccn3)c12. The van der Waals surface area contributed by atoms with Crippen LogP contribution in [-0.2, 0) is 6.54 Å². The molecule has 5 aromatic rings. The Balaban J connectivity index is 1.45. The molecule has 1 aliphatic heterocycles. The van der Waals surface area contributed by atoms with Crippen LogP contribution in [0.4, 0.5) is 5.82 Å². The van der Waals surface area contributed by atoms with Crippen molar-refractivity contribution in [3.8, 4) is 6.07 Å². The van der Waals surface area contributed by atoms with Gasteiger partial charge < -0.3 is 9.88 Å². The number of rotatable bonds is 5. The summed E-state index contributed by atoms with van der Waals surface area (Å²) < 4.78 is 3.09. The fourth-order valence-corrected chi connectivity index (χ4v) is 5.25. The van der Waals surface area contributed by atoms with E-state index in [4.69, 9.17) is 29.3 Å². The van der Waals surface area contributed by atoms with Gasteiger partial charge in [-0.2, -0.15) is 23.0 Å². The van der Waals surface area contributed by atoms with Crippen molar-refractivity contribution in [3.05, 3.63) is 81.6 Å². The van der Waals surface area contributed by atoms with Gasteiger partial charge in [0.15, 0.2) is 0 Å². The van der Waals surface area contributed by atoms with Crippen molar-refractivity contribution in [2.45, 2.75) is 24.3 Å². The van der Waals surface area contributed by atoms with Crippen LogP contribution < -0.4 is 10.5 Å². The van der Waals surface area contributed by atoms with Gasteiger partial charge in [-0.1, -0.05) is 17.7 Å². The second kappa shape index (κ2) is 8.41. The molecule has 12 heteroatoms. The number of hydrogen-bond donors (Lipinski definition) is 2. The Kier molecular flexibility index (Phi) is 5.20. The molecular weight excluding hydrogens is 486 g/mol. The van der Waals surface area contributed by atoms with Gasteiger partial charge in [0.2, 0.25) is 0 Å². The number of aromatic amines is 1. The summed E-state index contributed by atoms with van der Waals surface area (Å²) in [6, 6.07) is 9.30. The summed E-state index contributed by atoms with van der Waals surface area (Å²) in [7, 11) is 0. The second-order valence-corrected chi connectivity index (χ2v) is 9.22. The number of H-pyrrole nitrogens is 1. The molecule has 0 amide bonds. The molecule has 0 aliphatic carbocycles. The lowest BCUT2D eigenvalue weighted by Gasteiger charge is -2.45. The quantitative estimate of drug-likeness (QED) is 0.354. The Hall–Kier alpha value is -3.88. The van der Waals surface area contributed by atoms with E-state index in [-0.39, 0.29) is 18.1 Å². The molecular formula is C23H18ClN9OS. The lowest BCUT2D eigenvalue weighted by molar-refractivity contribution is 0.417. The Morgan fingerprint density at radius 3 is 2.91 bits per heavy atom. The minimum atomic E-state index is -0.430. The maximum Gasteiger partial charge on any atom is 0.279 e. The lowest BCUT2D eigenvalue weighted by Crippen LogP contribution is -2.51. The van der Waals surface area contributed by atoms with E-state index < -0.39 is 5.25 Å². The van der Waals surface area contributed by atoms with Gasteiger partial charge in [0.1, 0.15) is 35.2 Å². The number of aromatic nitrogens is 7. The first kappa shape index (κ1) is 21.6. The average Bonchev–Trinajstić information content (AvgIpc) is 3.44. The summed E-state index contributed by atoms with van der Waals surface area (Å²) in [4.78, 5) is 31.7. The molecule has 1 N–H and O–H groups in total. The van der Waals surface area contributed by atoms with Crippen molar-refractivity contribution in [1.29, 1.82) is 5.26 Å². The molecule has 0 radical (unpaired) electrons. The van der Waals surface area contributed by atoms with E-state index in [1.165, 1.54) is 10.8 Å². The molecule has 0 spiro atoms. The number of nitriles is 1. The van der Waals surface area contributed by atoms with Crippen LogP contribution in [0.2, 0.25) is 5.02 Å². The van der Waals surface area contributed by atoms with Gasteiger partial charge in [-0.25, -0.2) is 14.5 Å². The maximum atomic E-state index is 13.5. The van der Waals surface area contributed by atoms with E-state index in [1.54, 1.807) is 29.2 Å². The summed E-state index contributed by atoms with van der Waals surface area (Å²) in [6.45, 7) is 0.962. The average molecular weight is 504 g/mol. The Morgan fingerprint density at radius 1 is 1.29 bits per heavy atom. The molecule has 6 heterocycles. The molecule has 6 rings (SSSR count). The highest BCUT2D eigenvalue weighted by atomic mass is 35.5. The fraction of sp³-hybridized carbons (Fsp3) is 0.217. The molecule has 174 valence electrons. The predicted octanol–water partition coefficient (Wildman–Crippen LogP) is 2.99. The molecule has 1 aliphatic rings. The Morgan fingerprint density at radius 2 is 2.17 bits per heavy atom. The second-order valence-electron chi connectivity index (χ2n) is 8.26. The van der Waals surface area contributed by atoms with Gasteiger partial charge in [-0.15, -0.1) is 0 Å². The summed E-state index contributed by atoms with van der Waals surface area (Å²) in [5.41, 5.74) is 1.84. The van der Waals surface area contributed by atoms with Gasteiger partial charge >= 0.3 is 0 Å². The van der Waals surface area contributed by atoms with Crippen molar-refractivity contribution in [2.75, 3.05) is 11.4 Å². The van der Waals surface area contributed by atoms with E-state index >= 15 is 0 Å². The third kappa shape index (κ3) is 3.45. The predicted molar refractivity (Wildman–Crippen MR) is 134 cm³/mol. The zero-order valence-corrected chi connectivity index (χ0v) is 19.9. The number of halogens is 1. The van der Waals surface area contributed by atoms with E-state index in [0.29, 0.717) is 38.8 Å². The molecule has 1 fully saturated rings. The normalized spacial score (nSPS) is 16.4. The zero-order valence-electron chi connectivity index (χ0n) is 18.2. The number of thiol groups is 1. The minimum Gasteiger partial charge on any atom is -0.351 e. The monoisotopic (exact) mass is 503 g/mol. The van der Waals surface area contributed by atoms with Crippen LogP contribution in [0.15, 0.2) is 54.0 Å². The summed E-state index contributed by atoms with van der Waals surface area (Å²) in [5, 5.41) is 14.9. The van der Waals surface area contributed by atoms with Crippen LogP contribution in [-0.4, -0.2) is 46.7 Å². The molecule has 1 saturated heterocycles. The Bertz CT molecular complexity index is 1670. The number of nitrogens with zero attached hydrogens (tertiary/aromatic N) is 8. The van der Waals surface area contributed by atoms with Gasteiger partial charge in [0.25, 0.3) is 5.56 Å². The van der Waals surface area contributed by atoms with Crippen molar-refractivity contribution in [2.24, 2.45) is 0 Å². The standard InChI is InChI=1S/C23H18ClN9OS/c24-15-4-8-33-18(15)23(34)32(11-14-3-1-2-6-26-14)22(30-33)19(35)16-5-7-31(16)21-17-13(9-25)10-27-20(17)28-12-29-21/h1-4,6,8,10,12,16,19,35H,5,7,11H2,(H,27,28,29)/t16-,19?/m0/s1. The Labute approximate surface area is 209 Å². The van der Waals surface area contributed by atoms with Crippen LogP contribution in [0.1, 0.15) is 28.8 Å². The fourth-order valence-electron chi connectivity index (χ4n) is 4.53. The van der Waals surface area contributed by atoms with Crippen LogP contribution in [0.25, 0.3) is 16.6 Å². The molecule has 2 atom stereocenters. The van der Waals surface area contributed by atoms with Crippen LogP contribution in [0.5, 0.6) is 0 Å². The topological polar surface area (TPSA) is 121 Å². The van der Waals surface area contributed by atoms with Crippen molar-refractivity contribution >= 4 is 46.6 Å². The smallest absolute Gasteiger partial charge is 0.279 e. The number of nitrogens with one attached hydrogen (secondary N) is 1. The van der Waals surface area contributed by atoms with E-state index in [0.717, 1.165) is 18.7 Å². The van der Waals surface area contributed by atoms with Crippen molar-refractivity contribution < 1.29 is 0 Å². The molecule has 10 nitrogen and oxygen atoms in total. The van der Waals surface area contributed by atoms with E-state index in [9.17, 15) is 10.1 Å². The molecule has 1 unspecified atom stereocenters. The van der Waals surface area contributed by atoms with Gasteiger partial charge in [0.05, 0.1) is 39.5 Å².